The van der Waals surface area contributed by atoms with Crippen molar-refractivity contribution in [1.29, 1.82) is 0 Å². The van der Waals surface area contributed by atoms with Crippen molar-refractivity contribution in [2.75, 3.05) is 0 Å². The zero-order valence-corrected chi connectivity index (χ0v) is 8.09. The molecule has 0 aliphatic carbocycles. The zero-order valence-electron chi connectivity index (χ0n) is 15.1. The van der Waals surface area contributed by atoms with Gasteiger partial charge >= 0.3 is 0 Å². The van der Waals surface area contributed by atoms with E-state index in [-0.39, 0.29) is 11.3 Å². The molecular weight excluding hydrogens is 186 g/mol. The molecule has 0 aliphatic heterocycles. The van der Waals surface area contributed by atoms with Crippen LogP contribution < -0.4 is 5.56 Å². The summed E-state index contributed by atoms with van der Waals surface area (Å²) in [5, 5.41) is 0. The molecule has 0 saturated carbocycles. The fraction of sp³-hybridized carbons (Fsp3) is 0.154. The van der Waals surface area contributed by atoms with Crippen LogP contribution in [0.4, 0.5) is 0 Å². The van der Waals surface area contributed by atoms with Gasteiger partial charge in [-0.3, -0.25) is 9.36 Å². The minimum atomic E-state index is -1.73. The molecule has 76 valence electrons. The minimum Gasteiger partial charge on any atom is -0.284 e. The van der Waals surface area contributed by atoms with Gasteiger partial charge in [-0.25, -0.2) is 0 Å². The van der Waals surface area contributed by atoms with Gasteiger partial charge in [0.15, 0.2) is 0 Å². The number of aromatic nitrogens is 1. The van der Waals surface area contributed by atoms with Crippen molar-refractivity contribution in [3.8, 4) is 5.69 Å². The predicted molar refractivity (Wildman–Crippen MR) is 61.4 cm³/mol. The third kappa shape index (κ3) is 1.99. The molecule has 2 rings (SSSR count). The lowest BCUT2D eigenvalue weighted by Gasteiger charge is -2.06. The average Bonchev–Trinajstić information content (AvgIpc) is 2.44. The van der Waals surface area contributed by atoms with Gasteiger partial charge in [0.1, 0.15) is 0 Å². The molecule has 0 bridgehead atoms. The summed E-state index contributed by atoms with van der Waals surface area (Å²) in [5.41, 5.74) is -0.729. The molecule has 2 heteroatoms. The fourth-order valence-electron chi connectivity index (χ4n) is 1.17. The average molecular weight is 206 g/mol. The standard InChI is InChI=1S/C13H13NO/c1-2-11-8-9-13(15)14(10-11)12-6-4-3-5-7-12/h3-10H,2H2,1H3/i2D2,3D,4D,5D,6D,7D. The van der Waals surface area contributed by atoms with Crippen molar-refractivity contribution < 1.29 is 9.60 Å². The number of benzene rings is 1. The lowest BCUT2D eigenvalue weighted by Crippen LogP contribution is -2.16. The Hall–Kier alpha value is -1.83. The second-order valence-electron chi connectivity index (χ2n) is 2.85. The van der Waals surface area contributed by atoms with E-state index >= 15 is 0 Å². The second-order valence-corrected chi connectivity index (χ2v) is 2.85. The molecule has 0 saturated heterocycles. The molecule has 0 atom stereocenters. The van der Waals surface area contributed by atoms with Crippen molar-refractivity contribution in [2.24, 2.45) is 0 Å². The summed E-state index contributed by atoms with van der Waals surface area (Å²) in [6, 6.07) is -0.246. The van der Waals surface area contributed by atoms with Crippen LogP contribution in [0.1, 0.15) is 22.1 Å². The van der Waals surface area contributed by atoms with Gasteiger partial charge in [0.25, 0.3) is 5.56 Å². The second kappa shape index (κ2) is 4.13. The van der Waals surface area contributed by atoms with Crippen LogP contribution in [0.2, 0.25) is 0 Å². The third-order valence-electron chi connectivity index (χ3n) is 1.93. The SMILES string of the molecule is [2H]c1c([2H])c([2H])c(-n2cc(C([2H])([2H])C)ccc2=O)c([2H])c1[2H]. The molecule has 0 N–H and O–H groups in total. The molecule has 1 aromatic heterocycles. The molecule has 0 aliphatic rings. The maximum atomic E-state index is 12.0. The van der Waals surface area contributed by atoms with Crippen LogP contribution in [-0.2, 0) is 6.37 Å². The summed E-state index contributed by atoms with van der Waals surface area (Å²) < 4.78 is 54.8. The van der Waals surface area contributed by atoms with Crippen molar-refractivity contribution in [1.82, 2.24) is 4.57 Å². The van der Waals surface area contributed by atoms with E-state index in [0.29, 0.717) is 0 Å². The van der Waals surface area contributed by atoms with Crippen LogP contribution in [0, 0.1) is 0 Å². The van der Waals surface area contributed by atoms with E-state index in [0.717, 1.165) is 16.8 Å². The molecule has 0 fully saturated rings. The van der Waals surface area contributed by atoms with Crippen molar-refractivity contribution >= 4 is 0 Å². The van der Waals surface area contributed by atoms with E-state index in [1.807, 2.05) is 0 Å². The van der Waals surface area contributed by atoms with Crippen molar-refractivity contribution in [3.05, 3.63) is 64.5 Å². The topological polar surface area (TPSA) is 22.0 Å². The van der Waals surface area contributed by atoms with Gasteiger partial charge in [0, 0.05) is 20.7 Å². The highest BCUT2D eigenvalue weighted by Gasteiger charge is 1.99. The number of hydrogen-bond donors (Lipinski definition) is 0. The van der Waals surface area contributed by atoms with Crippen LogP contribution in [0.3, 0.4) is 0 Å². The Morgan fingerprint density at radius 1 is 1.33 bits per heavy atom. The maximum Gasteiger partial charge on any atom is 0.255 e. The molecule has 0 radical (unpaired) electrons. The summed E-state index contributed by atoms with van der Waals surface area (Å²) in [6.45, 7) is 1.30. The molecule has 0 unspecified atom stereocenters. The first-order valence-corrected chi connectivity index (χ1v) is 4.36. The Balaban J connectivity index is 2.86. The third-order valence-corrected chi connectivity index (χ3v) is 1.93. The number of rotatable bonds is 2. The lowest BCUT2D eigenvalue weighted by atomic mass is 10.2. The Labute approximate surface area is 98.6 Å². The van der Waals surface area contributed by atoms with Crippen LogP contribution >= 0.6 is 0 Å². The monoisotopic (exact) mass is 206 g/mol. The molecule has 2 nitrogen and oxygen atoms in total. The largest absolute Gasteiger partial charge is 0.284 e. The Kier molecular flexibility index (Phi) is 1.20. The molecule has 0 amide bonds. The van der Waals surface area contributed by atoms with Crippen LogP contribution in [0.25, 0.3) is 5.69 Å². The van der Waals surface area contributed by atoms with Gasteiger partial charge in [-0.2, -0.15) is 0 Å². The van der Waals surface area contributed by atoms with Gasteiger partial charge in [-0.1, -0.05) is 31.1 Å². The van der Waals surface area contributed by atoms with Gasteiger partial charge < -0.3 is 0 Å². The van der Waals surface area contributed by atoms with E-state index in [4.69, 9.17) is 9.60 Å². The molecule has 2 aromatic rings. The van der Waals surface area contributed by atoms with Gasteiger partial charge in [-0.15, -0.1) is 0 Å². The zero-order chi connectivity index (χ0) is 16.8. The van der Waals surface area contributed by atoms with E-state index in [1.165, 1.54) is 13.0 Å². The minimum absolute atomic E-state index is 0.166. The summed E-state index contributed by atoms with van der Waals surface area (Å²) in [7, 11) is 0. The molecule has 15 heavy (non-hydrogen) atoms. The number of pyridine rings is 1. The molecule has 0 spiro atoms. The first-order chi connectivity index (χ1) is 10.1. The highest BCUT2D eigenvalue weighted by atomic mass is 16.1. The lowest BCUT2D eigenvalue weighted by molar-refractivity contribution is 0.953. The fourth-order valence-corrected chi connectivity index (χ4v) is 1.17. The molecular formula is C13H13NO. The summed E-state index contributed by atoms with van der Waals surface area (Å²) in [4.78, 5) is 12.0. The number of hydrogen-bond acceptors (Lipinski definition) is 1. The summed E-state index contributed by atoms with van der Waals surface area (Å²) in [6.07, 6.45) is -0.570. The van der Waals surface area contributed by atoms with E-state index in [1.54, 1.807) is 0 Å². The molecule has 1 aromatic carbocycles. The number of nitrogens with zero attached hydrogens (tertiary/aromatic N) is 1. The first-order valence-electron chi connectivity index (χ1n) is 7.86. The Morgan fingerprint density at radius 2 is 2.07 bits per heavy atom. The Morgan fingerprint density at radius 3 is 2.73 bits per heavy atom. The Bertz CT molecular complexity index is 778. The quantitative estimate of drug-likeness (QED) is 0.739. The predicted octanol–water partition coefficient (Wildman–Crippen LogP) is 2.40. The number of aryl methyl sites for hydroxylation is 1. The van der Waals surface area contributed by atoms with Crippen molar-refractivity contribution in [2.45, 2.75) is 13.3 Å². The first kappa shape index (κ1) is 4.35. The van der Waals surface area contributed by atoms with Crippen molar-refractivity contribution in [3.63, 3.8) is 0 Å². The van der Waals surface area contributed by atoms with E-state index in [2.05, 4.69) is 0 Å². The van der Waals surface area contributed by atoms with Gasteiger partial charge in [0.2, 0.25) is 0 Å². The highest BCUT2D eigenvalue weighted by molar-refractivity contribution is 5.32. The van der Waals surface area contributed by atoms with E-state index < -0.39 is 42.1 Å². The number of para-hydroxylation sites is 1. The highest BCUT2D eigenvalue weighted by Crippen LogP contribution is 2.05. The van der Waals surface area contributed by atoms with Crippen LogP contribution in [-0.4, -0.2) is 4.57 Å². The van der Waals surface area contributed by atoms with Gasteiger partial charge in [0.05, 0.1) is 6.85 Å². The molecule has 1 heterocycles. The maximum absolute atomic E-state index is 12.0. The van der Waals surface area contributed by atoms with Crippen LogP contribution in [0.5, 0.6) is 0 Å². The van der Waals surface area contributed by atoms with Crippen LogP contribution in [0.15, 0.2) is 53.3 Å². The van der Waals surface area contributed by atoms with Gasteiger partial charge in [-0.05, 0) is 24.0 Å². The smallest absolute Gasteiger partial charge is 0.255 e. The normalized spacial score (nSPS) is 17.8. The summed E-state index contributed by atoms with van der Waals surface area (Å²) >= 11 is 0. The summed E-state index contributed by atoms with van der Waals surface area (Å²) in [5.74, 6) is 0. The van der Waals surface area contributed by atoms with E-state index in [9.17, 15) is 4.79 Å².